The van der Waals surface area contributed by atoms with Gasteiger partial charge in [-0.2, -0.15) is 4.31 Å². The largest absolute Gasteiger partial charge is 0.355 e. The molecule has 188 valence electrons. The fourth-order valence-corrected chi connectivity index (χ4v) is 6.24. The van der Waals surface area contributed by atoms with Gasteiger partial charge in [0.1, 0.15) is 0 Å². The van der Waals surface area contributed by atoms with Crippen LogP contribution >= 0.6 is 0 Å². The molecule has 2 heterocycles. The number of carbonyl (C=O) groups is 1. The average molecular weight is 497 g/mol. The van der Waals surface area contributed by atoms with E-state index in [0.29, 0.717) is 24.6 Å². The van der Waals surface area contributed by atoms with Gasteiger partial charge >= 0.3 is 0 Å². The van der Waals surface area contributed by atoms with E-state index in [2.05, 4.69) is 53.5 Å². The summed E-state index contributed by atoms with van der Waals surface area (Å²) in [6.07, 6.45) is 4.53. The number of rotatable bonds is 7. The number of likely N-dealkylation sites (tertiary alicyclic amines) is 1. The van der Waals surface area contributed by atoms with Gasteiger partial charge in [0.2, 0.25) is 15.9 Å². The summed E-state index contributed by atoms with van der Waals surface area (Å²) in [6.45, 7) is 3.76. The highest BCUT2D eigenvalue weighted by Crippen LogP contribution is 2.26. The zero-order valence-electron chi connectivity index (χ0n) is 20.9. The van der Waals surface area contributed by atoms with Crippen LogP contribution in [0.5, 0.6) is 0 Å². The standard InChI is InChI=1S/C27H36N4O3S/c1-28-27(32)24-12-18-31(19-13-24)35(33,34)26-10-8-23(9-11-26)22-6-4-21(5-7-22)20-30(3)25-14-16-29(2)17-15-25/h4-12,25H,13-20H2,1-3H3,(H,28,32). The highest BCUT2D eigenvalue weighted by Gasteiger charge is 2.27. The Hall–Kier alpha value is -2.52. The molecule has 2 aromatic carbocycles. The molecule has 8 heteroatoms. The molecule has 0 aromatic heterocycles. The van der Waals surface area contributed by atoms with Gasteiger partial charge in [-0.1, -0.05) is 42.5 Å². The molecule has 2 aliphatic heterocycles. The van der Waals surface area contributed by atoms with Crippen LogP contribution in [0.25, 0.3) is 11.1 Å². The van der Waals surface area contributed by atoms with E-state index in [0.717, 1.165) is 30.8 Å². The third-order valence-corrected chi connectivity index (χ3v) is 9.09. The summed E-state index contributed by atoms with van der Waals surface area (Å²) in [6, 6.07) is 16.2. The van der Waals surface area contributed by atoms with Crippen molar-refractivity contribution in [2.24, 2.45) is 0 Å². The van der Waals surface area contributed by atoms with Crippen LogP contribution < -0.4 is 5.32 Å². The normalized spacial score (nSPS) is 18.5. The van der Waals surface area contributed by atoms with Gasteiger partial charge in [-0.15, -0.1) is 0 Å². The number of nitrogens with one attached hydrogen (secondary N) is 1. The molecule has 4 rings (SSSR count). The molecule has 35 heavy (non-hydrogen) atoms. The molecule has 0 aliphatic carbocycles. The maximum Gasteiger partial charge on any atom is 0.246 e. The van der Waals surface area contributed by atoms with Crippen LogP contribution in [-0.4, -0.2) is 81.8 Å². The first-order valence-corrected chi connectivity index (χ1v) is 13.7. The predicted molar refractivity (Wildman–Crippen MR) is 139 cm³/mol. The molecule has 1 N–H and O–H groups in total. The molecule has 2 aliphatic rings. The van der Waals surface area contributed by atoms with Crippen molar-refractivity contribution >= 4 is 15.9 Å². The van der Waals surface area contributed by atoms with E-state index in [4.69, 9.17) is 0 Å². The lowest BCUT2D eigenvalue weighted by atomic mass is 10.0. The Kier molecular flexibility index (Phi) is 8.06. The highest BCUT2D eigenvalue weighted by molar-refractivity contribution is 7.89. The van der Waals surface area contributed by atoms with Crippen LogP contribution in [0, 0.1) is 0 Å². The number of piperidine rings is 1. The van der Waals surface area contributed by atoms with Gasteiger partial charge in [0, 0.05) is 38.3 Å². The molecule has 0 bridgehead atoms. The number of hydrogen-bond donors (Lipinski definition) is 1. The second-order valence-corrected chi connectivity index (χ2v) is 11.5. The van der Waals surface area contributed by atoms with E-state index in [1.165, 1.54) is 22.7 Å². The van der Waals surface area contributed by atoms with Crippen molar-refractivity contribution in [3.8, 4) is 11.1 Å². The Morgan fingerprint density at radius 3 is 2.14 bits per heavy atom. The molecular formula is C27H36N4O3S. The van der Waals surface area contributed by atoms with Crippen molar-refractivity contribution in [1.82, 2.24) is 19.4 Å². The van der Waals surface area contributed by atoms with Crippen LogP contribution in [-0.2, 0) is 21.4 Å². The Bertz CT molecular complexity index is 1150. The number of benzene rings is 2. The Balaban J connectivity index is 1.39. The SMILES string of the molecule is CNC(=O)C1=CCN(S(=O)(=O)c2ccc(-c3ccc(CN(C)C4CCN(C)CC4)cc3)cc2)CC1. The van der Waals surface area contributed by atoms with Crippen molar-refractivity contribution in [3.05, 3.63) is 65.7 Å². The third kappa shape index (κ3) is 6.01. The first kappa shape index (κ1) is 25.6. The summed E-state index contributed by atoms with van der Waals surface area (Å²) in [5.41, 5.74) is 3.97. The van der Waals surface area contributed by atoms with Gasteiger partial charge in [0.05, 0.1) is 4.90 Å². The van der Waals surface area contributed by atoms with Gasteiger partial charge in [-0.05, 0) is 75.3 Å². The second kappa shape index (κ2) is 11.0. The molecule has 7 nitrogen and oxygen atoms in total. The van der Waals surface area contributed by atoms with E-state index < -0.39 is 10.0 Å². The summed E-state index contributed by atoms with van der Waals surface area (Å²) in [5.74, 6) is -0.147. The number of nitrogens with zero attached hydrogens (tertiary/aromatic N) is 3. The summed E-state index contributed by atoms with van der Waals surface area (Å²) in [7, 11) is 2.37. The lowest BCUT2D eigenvalue weighted by molar-refractivity contribution is -0.117. The van der Waals surface area contributed by atoms with Crippen molar-refractivity contribution < 1.29 is 13.2 Å². The minimum absolute atomic E-state index is 0.147. The lowest BCUT2D eigenvalue weighted by Gasteiger charge is -2.35. The number of hydrogen-bond acceptors (Lipinski definition) is 5. The minimum atomic E-state index is -3.60. The number of likely N-dealkylation sites (N-methyl/N-ethyl adjacent to an activating group) is 1. The molecule has 2 aromatic rings. The van der Waals surface area contributed by atoms with Gasteiger partial charge in [0.25, 0.3) is 0 Å². The zero-order valence-corrected chi connectivity index (χ0v) is 21.7. The second-order valence-electron chi connectivity index (χ2n) is 9.59. The predicted octanol–water partition coefficient (Wildman–Crippen LogP) is 2.95. The zero-order chi connectivity index (χ0) is 25.0. The smallest absolute Gasteiger partial charge is 0.246 e. The van der Waals surface area contributed by atoms with Crippen molar-refractivity contribution in [2.75, 3.05) is 47.3 Å². The Morgan fingerprint density at radius 2 is 1.60 bits per heavy atom. The Labute approximate surface area is 209 Å². The quantitative estimate of drug-likeness (QED) is 0.638. The molecule has 1 fully saturated rings. The molecule has 0 radical (unpaired) electrons. The number of amides is 1. The maximum absolute atomic E-state index is 13.1. The van der Waals surface area contributed by atoms with Crippen LogP contribution in [0.15, 0.2) is 65.1 Å². The minimum Gasteiger partial charge on any atom is -0.355 e. The summed E-state index contributed by atoms with van der Waals surface area (Å²) in [4.78, 5) is 16.9. The van der Waals surface area contributed by atoms with Crippen LogP contribution in [0.2, 0.25) is 0 Å². The average Bonchev–Trinajstić information content (AvgIpc) is 2.89. The van der Waals surface area contributed by atoms with E-state index >= 15 is 0 Å². The Morgan fingerprint density at radius 1 is 1.00 bits per heavy atom. The highest BCUT2D eigenvalue weighted by atomic mass is 32.2. The van der Waals surface area contributed by atoms with Gasteiger partial charge < -0.3 is 10.2 Å². The van der Waals surface area contributed by atoms with Crippen molar-refractivity contribution in [3.63, 3.8) is 0 Å². The molecular weight excluding hydrogens is 460 g/mol. The molecule has 1 amide bonds. The topological polar surface area (TPSA) is 73.0 Å². The van der Waals surface area contributed by atoms with E-state index in [-0.39, 0.29) is 17.3 Å². The van der Waals surface area contributed by atoms with Gasteiger partial charge in [-0.25, -0.2) is 8.42 Å². The summed E-state index contributed by atoms with van der Waals surface area (Å²) in [5, 5.41) is 2.59. The fraction of sp³-hybridized carbons (Fsp3) is 0.444. The van der Waals surface area contributed by atoms with E-state index in [1.807, 2.05) is 12.1 Å². The molecule has 0 unspecified atom stereocenters. The maximum atomic E-state index is 13.1. The van der Waals surface area contributed by atoms with Crippen LogP contribution in [0.1, 0.15) is 24.8 Å². The third-order valence-electron chi connectivity index (χ3n) is 7.21. The summed E-state index contributed by atoms with van der Waals surface area (Å²) < 4.78 is 27.6. The van der Waals surface area contributed by atoms with Crippen molar-refractivity contribution in [1.29, 1.82) is 0 Å². The first-order valence-electron chi connectivity index (χ1n) is 12.3. The fourth-order valence-electron chi connectivity index (χ4n) is 4.86. The monoisotopic (exact) mass is 496 g/mol. The number of sulfonamides is 1. The molecule has 0 spiro atoms. The molecule has 1 saturated heterocycles. The van der Waals surface area contributed by atoms with E-state index in [1.54, 1.807) is 25.3 Å². The van der Waals surface area contributed by atoms with Crippen LogP contribution in [0.4, 0.5) is 0 Å². The lowest BCUT2D eigenvalue weighted by Crippen LogP contribution is -2.41. The summed E-state index contributed by atoms with van der Waals surface area (Å²) >= 11 is 0. The first-order chi connectivity index (χ1) is 16.8. The number of carbonyl (C=O) groups excluding carboxylic acids is 1. The van der Waals surface area contributed by atoms with Crippen LogP contribution in [0.3, 0.4) is 0 Å². The van der Waals surface area contributed by atoms with Gasteiger partial charge in [-0.3, -0.25) is 9.69 Å². The molecule has 0 saturated carbocycles. The molecule has 0 atom stereocenters. The van der Waals surface area contributed by atoms with Gasteiger partial charge in [0.15, 0.2) is 0 Å². The van der Waals surface area contributed by atoms with E-state index in [9.17, 15) is 13.2 Å². The van der Waals surface area contributed by atoms with Crippen molar-refractivity contribution in [2.45, 2.75) is 36.7 Å².